The summed E-state index contributed by atoms with van der Waals surface area (Å²) in [4.78, 5) is 16.5. The van der Waals surface area contributed by atoms with E-state index in [1.807, 2.05) is 0 Å². The van der Waals surface area contributed by atoms with Gasteiger partial charge < -0.3 is 10.6 Å². The number of pyridine rings is 1. The van der Waals surface area contributed by atoms with Crippen molar-refractivity contribution < 1.29 is 13.2 Å². The maximum absolute atomic E-state index is 12.3. The van der Waals surface area contributed by atoms with Gasteiger partial charge in [0.15, 0.2) is 9.84 Å². The molecule has 0 aromatic carbocycles. The number of anilines is 1. The summed E-state index contributed by atoms with van der Waals surface area (Å²) >= 11 is 0. The highest BCUT2D eigenvalue weighted by atomic mass is 32.2. The molecule has 2 aliphatic rings. The molecule has 0 spiro atoms. The molecule has 1 saturated heterocycles. The van der Waals surface area contributed by atoms with E-state index in [2.05, 4.69) is 21.7 Å². The predicted molar refractivity (Wildman–Crippen MR) is 98.4 cm³/mol. The molecule has 1 aromatic heterocycles. The molecule has 7 heteroatoms. The molecule has 0 saturated carbocycles. The number of hydrogen-bond donors (Lipinski definition) is 2. The van der Waals surface area contributed by atoms with Gasteiger partial charge in [-0.1, -0.05) is 11.6 Å². The standard InChI is InChI=1S/C18H25N3O3S/c22-18(20-9-6-14-4-2-1-3-5-14)15-7-10-19-17(12-15)21-16-8-11-25(23,24)13-16/h4,7,10,12,16H,1-3,5-6,8-9,11,13H2,(H,19,21)(H,20,22). The summed E-state index contributed by atoms with van der Waals surface area (Å²) in [7, 11) is -2.94. The highest BCUT2D eigenvalue weighted by Gasteiger charge is 2.28. The van der Waals surface area contributed by atoms with Crippen molar-refractivity contribution in [1.29, 1.82) is 0 Å². The minimum atomic E-state index is -2.94. The molecule has 1 aliphatic carbocycles. The molecular weight excluding hydrogens is 338 g/mol. The largest absolute Gasteiger partial charge is 0.366 e. The topological polar surface area (TPSA) is 88.2 Å². The minimum Gasteiger partial charge on any atom is -0.366 e. The Kier molecular flexibility index (Phi) is 5.73. The van der Waals surface area contributed by atoms with Crippen molar-refractivity contribution in [3.8, 4) is 0 Å². The second-order valence-corrected chi connectivity index (χ2v) is 9.02. The average molecular weight is 363 g/mol. The summed E-state index contributed by atoms with van der Waals surface area (Å²) in [6, 6.07) is 3.22. The number of carbonyl (C=O) groups is 1. The summed E-state index contributed by atoms with van der Waals surface area (Å²) in [5.41, 5.74) is 1.97. The Morgan fingerprint density at radius 2 is 2.20 bits per heavy atom. The number of sulfone groups is 1. The minimum absolute atomic E-state index is 0.124. The molecule has 25 heavy (non-hydrogen) atoms. The molecule has 1 aromatic rings. The molecule has 1 aliphatic heterocycles. The van der Waals surface area contributed by atoms with Gasteiger partial charge >= 0.3 is 0 Å². The third-order valence-corrected chi connectivity index (χ3v) is 6.49. The maximum atomic E-state index is 12.3. The fourth-order valence-electron chi connectivity index (χ4n) is 3.34. The third kappa shape index (κ3) is 5.29. The van der Waals surface area contributed by atoms with Gasteiger partial charge in [0.05, 0.1) is 11.5 Å². The third-order valence-electron chi connectivity index (χ3n) is 4.72. The Morgan fingerprint density at radius 1 is 1.32 bits per heavy atom. The first-order chi connectivity index (χ1) is 12.0. The van der Waals surface area contributed by atoms with Crippen LogP contribution in [0.2, 0.25) is 0 Å². The molecule has 3 rings (SSSR count). The molecule has 136 valence electrons. The van der Waals surface area contributed by atoms with E-state index in [-0.39, 0.29) is 23.5 Å². The van der Waals surface area contributed by atoms with Crippen LogP contribution >= 0.6 is 0 Å². The molecule has 1 atom stereocenters. The summed E-state index contributed by atoms with van der Waals surface area (Å²) < 4.78 is 23.1. The molecule has 1 unspecified atom stereocenters. The monoisotopic (exact) mass is 363 g/mol. The van der Waals surface area contributed by atoms with Gasteiger partial charge in [-0.2, -0.15) is 0 Å². The number of aromatic nitrogens is 1. The Morgan fingerprint density at radius 3 is 2.92 bits per heavy atom. The molecule has 1 fully saturated rings. The van der Waals surface area contributed by atoms with Crippen LogP contribution in [0.5, 0.6) is 0 Å². The number of allylic oxidation sites excluding steroid dienone is 1. The van der Waals surface area contributed by atoms with E-state index in [0.717, 1.165) is 19.3 Å². The first-order valence-corrected chi connectivity index (χ1v) is 10.7. The molecule has 1 amide bonds. The fourth-order valence-corrected chi connectivity index (χ4v) is 5.01. The van der Waals surface area contributed by atoms with E-state index in [0.29, 0.717) is 24.3 Å². The summed E-state index contributed by atoms with van der Waals surface area (Å²) in [5.74, 6) is 0.756. The SMILES string of the molecule is O=C(NCCC1=CCCCC1)c1ccnc(NC2CCS(=O)(=O)C2)c1. The average Bonchev–Trinajstić information content (AvgIpc) is 2.94. The van der Waals surface area contributed by atoms with Crippen LogP contribution in [0.15, 0.2) is 30.0 Å². The Balaban J connectivity index is 1.51. The Bertz CT molecular complexity index is 759. The zero-order chi connectivity index (χ0) is 17.7. The first-order valence-electron chi connectivity index (χ1n) is 8.91. The van der Waals surface area contributed by atoms with Gasteiger partial charge in [-0.3, -0.25) is 4.79 Å². The van der Waals surface area contributed by atoms with E-state index in [9.17, 15) is 13.2 Å². The van der Waals surface area contributed by atoms with Crippen LogP contribution in [0.3, 0.4) is 0 Å². The van der Waals surface area contributed by atoms with Gasteiger partial charge in [0.2, 0.25) is 0 Å². The van der Waals surface area contributed by atoms with E-state index >= 15 is 0 Å². The van der Waals surface area contributed by atoms with E-state index in [4.69, 9.17) is 0 Å². The molecule has 0 bridgehead atoms. The lowest BCUT2D eigenvalue weighted by Gasteiger charge is -2.14. The molecular formula is C18H25N3O3S. The Labute approximate surface area is 149 Å². The summed E-state index contributed by atoms with van der Waals surface area (Å²) in [6.45, 7) is 0.636. The van der Waals surface area contributed by atoms with E-state index in [1.54, 1.807) is 18.3 Å². The number of rotatable bonds is 6. The van der Waals surface area contributed by atoms with Crippen LogP contribution in [-0.2, 0) is 9.84 Å². The van der Waals surface area contributed by atoms with Crippen molar-refractivity contribution >= 4 is 21.6 Å². The van der Waals surface area contributed by atoms with Gasteiger partial charge in [0.25, 0.3) is 5.91 Å². The van der Waals surface area contributed by atoms with Crippen LogP contribution in [0, 0.1) is 0 Å². The van der Waals surface area contributed by atoms with Crippen molar-refractivity contribution in [2.75, 3.05) is 23.4 Å². The predicted octanol–water partition coefficient (Wildman–Crippen LogP) is 2.30. The van der Waals surface area contributed by atoms with Crippen molar-refractivity contribution in [3.05, 3.63) is 35.5 Å². The van der Waals surface area contributed by atoms with Crippen molar-refractivity contribution in [1.82, 2.24) is 10.3 Å². The van der Waals surface area contributed by atoms with E-state index < -0.39 is 9.84 Å². The van der Waals surface area contributed by atoms with Crippen LogP contribution in [0.4, 0.5) is 5.82 Å². The number of amides is 1. The van der Waals surface area contributed by atoms with Crippen LogP contribution < -0.4 is 10.6 Å². The van der Waals surface area contributed by atoms with Crippen molar-refractivity contribution in [2.45, 2.75) is 44.6 Å². The van der Waals surface area contributed by atoms with Gasteiger partial charge in [0.1, 0.15) is 5.82 Å². The van der Waals surface area contributed by atoms with Gasteiger partial charge in [-0.05, 0) is 50.7 Å². The van der Waals surface area contributed by atoms with Crippen LogP contribution in [-0.4, -0.2) is 43.4 Å². The zero-order valence-corrected chi connectivity index (χ0v) is 15.1. The smallest absolute Gasteiger partial charge is 0.251 e. The highest BCUT2D eigenvalue weighted by molar-refractivity contribution is 7.91. The van der Waals surface area contributed by atoms with E-state index in [1.165, 1.54) is 18.4 Å². The lowest BCUT2D eigenvalue weighted by Crippen LogP contribution is -2.25. The normalized spacial score (nSPS) is 22.2. The maximum Gasteiger partial charge on any atom is 0.251 e. The van der Waals surface area contributed by atoms with Crippen molar-refractivity contribution in [3.63, 3.8) is 0 Å². The van der Waals surface area contributed by atoms with Crippen LogP contribution in [0.1, 0.15) is 48.9 Å². The number of nitrogens with zero attached hydrogens (tertiary/aromatic N) is 1. The number of carbonyl (C=O) groups excluding carboxylic acids is 1. The lowest BCUT2D eigenvalue weighted by molar-refractivity contribution is 0.0954. The summed E-state index contributed by atoms with van der Waals surface area (Å²) in [6.07, 6.45) is 10.2. The fraction of sp³-hybridized carbons (Fsp3) is 0.556. The number of hydrogen-bond acceptors (Lipinski definition) is 5. The van der Waals surface area contributed by atoms with Crippen molar-refractivity contribution in [2.24, 2.45) is 0 Å². The van der Waals surface area contributed by atoms with Gasteiger partial charge in [-0.25, -0.2) is 13.4 Å². The number of nitrogens with one attached hydrogen (secondary N) is 2. The van der Waals surface area contributed by atoms with Gasteiger partial charge in [-0.15, -0.1) is 0 Å². The first kappa shape index (κ1) is 17.9. The lowest BCUT2D eigenvalue weighted by atomic mass is 9.97. The molecule has 0 radical (unpaired) electrons. The zero-order valence-electron chi connectivity index (χ0n) is 14.3. The molecule has 2 N–H and O–H groups in total. The Hall–Kier alpha value is -1.89. The quantitative estimate of drug-likeness (QED) is 0.757. The molecule has 6 nitrogen and oxygen atoms in total. The molecule has 2 heterocycles. The van der Waals surface area contributed by atoms with Crippen LogP contribution in [0.25, 0.3) is 0 Å². The van der Waals surface area contributed by atoms with Gasteiger partial charge in [0, 0.05) is 24.3 Å². The second-order valence-electron chi connectivity index (χ2n) is 6.79. The highest BCUT2D eigenvalue weighted by Crippen LogP contribution is 2.20. The summed E-state index contributed by atoms with van der Waals surface area (Å²) in [5, 5.41) is 6.07. The second kappa shape index (κ2) is 7.99.